The third-order valence-corrected chi connectivity index (χ3v) is 13.0. The minimum absolute atomic E-state index is 0. The Morgan fingerprint density at radius 1 is 0.518 bits per heavy atom. The normalized spacial score (nSPS) is 14.8. The second-order valence-electron chi connectivity index (χ2n) is 15.9. The van der Waals surface area contributed by atoms with Crippen molar-refractivity contribution in [3.63, 3.8) is 0 Å². The molecule has 0 heterocycles. The van der Waals surface area contributed by atoms with E-state index in [2.05, 4.69) is 144 Å². The zero-order chi connectivity index (χ0) is 36.6. The third-order valence-electron chi connectivity index (χ3n) is 13.0. The molecular weight excluding hydrogens is 815 g/mol. The topological polar surface area (TPSA) is 0 Å². The van der Waals surface area contributed by atoms with Crippen LogP contribution in [-0.4, -0.2) is 6.88 Å². The van der Waals surface area contributed by atoms with Gasteiger partial charge in [-0.25, -0.2) is 0 Å². The van der Waals surface area contributed by atoms with E-state index in [9.17, 15) is 0 Å². The van der Waals surface area contributed by atoms with E-state index in [0.29, 0.717) is 10.8 Å². The van der Waals surface area contributed by atoms with Crippen LogP contribution >= 0.6 is 24.8 Å². The van der Waals surface area contributed by atoms with Gasteiger partial charge in [-0.3, -0.25) is 0 Å². The summed E-state index contributed by atoms with van der Waals surface area (Å²) in [6.07, 6.45) is 18.7. The van der Waals surface area contributed by atoms with Gasteiger partial charge < -0.3 is 14.9 Å². The molecular formula is C52H66Cl2SiZr-4. The summed E-state index contributed by atoms with van der Waals surface area (Å²) >= 11 is 1.36. The zero-order valence-corrected chi connectivity index (χ0v) is 40.2. The Bertz CT molecular complexity index is 1870. The summed E-state index contributed by atoms with van der Waals surface area (Å²) < 4.78 is 0. The summed E-state index contributed by atoms with van der Waals surface area (Å²) in [6.45, 7) is 12.3. The van der Waals surface area contributed by atoms with Gasteiger partial charge in [-0.15, -0.1) is 93.9 Å². The van der Waals surface area contributed by atoms with Crippen LogP contribution in [0.4, 0.5) is 0 Å². The molecule has 8 rings (SSSR count). The Kier molecular flexibility index (Phi) is 20.9. The maximum atomic E-state index is 3.06. The molecule has 2 aliphatic carbocycles. The molecule has 0 N–H and O–H groups in total. The van der Waals surface area contributed by atoms with Crippen molar-refractivity contribution in [2.75, 3.05) is 0 Å². The molecule has 0 amide bonds. The number of benzene rings is 4. The van der Waals surface area contributed by atoms with Crippen LogP contribution in [0.5, 0.6) is 0 Å². The quantitative estimate of drug-likeness (QED) is 0.0950. The average Bonchev–Trinajstić information content (AvgIpc) is 4.03. The molecule has 0 aromatic heterocycles. The number of aryl methyl sites for hydroxylation is 2. The number of fused-ring (bicyclic) bond motifs is 2. The Morgan fingerprint density at radius 3 is 1.16 bits per heavy atom. The molecule has 2 saturated carbocycles. The van der Waals surface area contributed by atoms with Crippen molar-refractivity contribution in [2.24, 2.45) is 10.8 Å². The SMILES string of the molecule is CCc1ccc(-c2cccc3[cH-]c(CC4(CC)CCCC4)cc23)cc1.CCc1ccc(-c2cccc3[cH-]c(CC4(CC)CCCC4)cc23)cc1.Cl.Cl.[CH3-].[CH3-].[Si]=[Zr]. The number of rotatable bonds is 10. The molecule has 6 aromatic rings. The van der Waals surface area contributed by atoms with Gasteiger partial charge in [0.15, 0.2) is 0 Å². The monoisotopic (exact) mass is 878 g/mol. The predicted molar refractivity (Wildman–Crippen MR) is 252 cm³/mol. The summed E-state index contributed by atoms with van der Waals surface area (Å²) in [4.78, 5) is 0. The molecule has 0 aliphatic heterocycles. The number of hydrogen-bond acceptors (Lipinski definition) is 0. The fraction of sp³-hybridized carbons (Fsp3) is 0.385. The molecule has 0 spiro atoms. The van der Waals surface area contributed by atoms with Crippen LogP contribution in [0.1, 0.15) is 114 Å². The second kappa shape index (κ2) is 23.4. The van der Waals surface area contributed by atoms with E-state index in [4.69, 9.17) is 0 Å². The van der Waals surface area contributed by atoms with E-state index in [-0.39, 0.29) is 39.7 Å². The Labute approximate surface area is 370 Å². The molecule has 56 heavy (non-hydrogen) atoms. The molecule has 0 nitrogen and oxygen atoms in total. The zero-order valence-electron chi connectivity index (χ0n) is 35.1. The van der Waals surface area contributed by atoms with Crippen LogP contribution in [-0.2, 0) is 49.0 Å². The number of hydrogen-bond donors (Lipinski definition) is 0. The molecule has 2 radical (unpaired) electrons. The van der Waals surface area contributed by atoms with Gasteiger partial charge in [-0.2, -0.15) is 12.1 Å². The standard InChI is InChI=1S/2C25H29.2CH3.2ClH.Si.Zr/c2*1-3-19-10-12-21(13-11-19)23-9-7-8-22-16-20(17-24(22)23)18-25(4-2)14-5-6-15-25;;;;;;/h2*7-13,16-17H,3-6,14-15,18H2,1-2H3;2*1H3;2*1H;;/q4*-1;;;;. The van der Waals surface area contributed by atoms with E-state index < -0.39 is 0 Å². The van der Waals surface area contributed by atoms with Gasteiger partial charge in [-0.05, 0) is 84.5 Å². The molecule has 0 saturated heterocycles. The minimum atomic E-state index is 0. The molecule has 0 bridgehead atoms. The molecule has 2 aliphatic rings. The molecule has 6 aromatic carbocycles. The second-order valence-corrected chi connectivity index (χ2v) is 15.9. The molecule has 4 heteroatoms. The summed E-state index contributed by atoms with van der Waals surface area (Å²) in [7, 11) is 0. The van der Waals surface area contributed by atoms with Gasteiger partial charge in [0.25, 0.3) is 0 Å². The first-order valence-corrected chi connectivity index (χ1v) is 24.4. The van der Waals surface area contributed by atoms with Gasteiger partial charge >= 0.3 is 30.2 Å². The molecule has 0 atom stereocenters. The van der Waals surface area contributed by atoms with Gasteiger partial charge in [0.1, 0.15) is 0 Å². The van der Waals surface area contributed by atoms with E-state index in [1.165, 1.54) is 166 Å². The Morgan fingerprint density at radius 2 is 0.857 bits per heavy atom. The fourth-order valence-corrected chi connectivity index (χ4v) is 9.57. The van der Waals surface area contributed by atoms with Crippen LogP contribution in [0.3, 0.4) is 0 Å². The first-order valence-electron chi connectivity index (χ1n) is 20.3. The van der Waals surface area contributed by atoms with Crippen molar-refractivity contribution >= 4 is 53.2 Å². The third kappa shape index (κ3) is 11.5. The van der Waals surface area contributed by atoms with Crippen molar-refractivity contribution in [2.45, 2.75) is 118 Å². The van der Waals surface area contributed by atoms with E-state index in [1.807, 2.05) is 0 Å². The summed E-state index contributed by atoms with van der Waals surface area (Å²) in [5.41, 5.74) is 12.5. The molecule has 300 valence electrons. The molecule has 0 unspecified atom stereocenters. The summed E-state index contributed by atoms with van der Waals surface area (Å²) in [6, 6.07) is 41.5. The first kappa shape index (κ1) is 49.9. The summed E-state index contributed by atoms with van der Waals surface area (Å²) in [5, 5.41) is 5.64. The first-order chi connectivity index (χ1) is 25.5. The number of halogens is 2. The van der Waals surface area contributed by atoms with Crippen LogP contribution in [0.25, 0.3) is 43.8 Å². The van der Waals surface area contributed by atoms with Gasteiger partial charge in [0, 0.05) is 0 Å². The van der Waals surface area contributed by atoms with Crippen molar-refractivity contribution in [1.82, 2.24) is 0 Å². The van der Waals surface area contributed by atoms with Gasteiger partial charge in [0.2, 0.25) is 0 Å². The van der Waals surface area contributed by atoms with Crippen molar-refractivity contribution in [3.05, 3.63) is 146 Å². The molecule has 2 fully saturated rings. The van der Waals surface area contributed by atoms with Crippen LogP contribution in [0, 0.1) is 25.7 Å². The average molecular weight is 881 g/mol. The van der Waals surface area contributed by atoms with Crippen molar-refractivity contribution in [1.29, 1.82) is 0 Å². The predicted octanol–water partition coefficient (Wildman–Crippen LogP) is 16.0. The maximum absolute atomic E-state index is 3.06. The Balaban J connectivity index is 0.000000347. The van der Waals surface area contributed by atoms with Gasteiger partial charge in [-0.1, -0.05) is 138 Å². The van der Waals surface area contributed by atoms with Gasteiger partial charge in [0.05, 0.1) is 0 Å². The summed E-state index contributed by atoms with van der Waals surface area (Å²) in [5.74, 6) is 0. The van der Waals surface area contributed by atoms with E-state index in [0.717, 1.165) is 12.8 Å². The van der Waals surface area contributed by atoms with Crippen LogP contribution in [0.15, 0.2) is 109 Å². The van der Waals surface area contributed by atoms with Crippen molar-refractivity contribution < 1.29 is 23.3 Å². The van der Waals surface area contributed by atoms with E-state index >= 15 is 0 Å². The van der Waals surface area contributed by atoms with E-state index in [1.54, 1.807) is 0 Å². The van der Waals surface area contributed by atoms with Crippen molar-refractivity contribution in [3.8, 4) is 22.3 Å². The Hall–Kier alpha value is -2.22. The fourth-order valence-electron chi connectivity index (χ4n) is 9.57. The van der Waals surface area contributed by atoms with Crippen LogP contribution in [0.2, 0.25) is 0 Å². The van der Waals surface area contributed by atoms with Crippen LogP contribution < -0.4 is 0 Å².